The fourth-order valence-electron chi connectivity index (χ4n) is 4.26. The third kappa shape index (κ3) is 2.74. The van der Waals surface area contributed by atoms with Crippen molar-refractivity contribution in [1.82, 2.24) is 10.6 Å². The van der Waals surface area contributed by atoms with E-state index in [0.717, 1.165) is 0 Å². The molecule has 0 aromatic heterocycles. The number of carboxylic acid groups (broad SMARTS) is 2. The molecule has 0 spiro atoms. The first-order valence-corrected chi connectivity index (χ1v) is 8.17. The fraction of sp³-hybridized carbons (Fsp3) is 0.625. The van der Waals surface area contributed by atoms with E-state index in [1.807, 2.05) is 0 Å². The lowest BCUT2D eigenvalue weighted by molar-refractivity contribution is -0.162. The molecule has 0 radical (unpaired) electrons. The smallest absolute Gasteiger partial charge is 0.329 e. The molecule has 3 heterocycles. The first kappa shape index (κ1) is 18.3. The molecule has 7 atom stereocenters. The van der Waals surface area contributed by atoms with Crippen molar-refractivity contribution in [2.75, 3.05) is 0 Å². The number of rotatable bonds is 5. The maximum absolute atomic E-state index is 12.5. The molecule has 0 unspecified atom stereocenters. The second-order valence-corrected chi connectivity index (χ2v) is 6.78. The van der Waals surface area contributed by atoms with E-state index in [4.69, 9.17) is 9.47 Å². The molecule has 3 aliphatic heterocycles. The van der Waals surface area contributed by atoms with Gasteiger partial charge in [-0.2, -0.15) is 0 Å². The van der Waals surface area contributed by atoms with Gasteiger partial charge in [-0.15, -0.1) is 6.58 Å². The van der Waals surface area contributed by atoms with E-state index in [9.17, 15) is 29.4 Å². The summed E-state index contributed by atoms with van der Waals surface area (Å²) in [6.07, 6.45) is -1.08. The quantitative estimate of drug-likeness (QED) is 0.435. The average Bonchev–Trinajstić information content (AvgIpc) is 2.98. The van der Waals surface area contributed by atoms with E-state index < -0.39 is 66.2 Å². The van der Waals surface area contributed by atoms with Gasteiger partial charge < -0.3 is 30.3 Å². The van der Waals surface area contributed by atoms with Crippen molar-refractivity contribution in [3.8, 4) is 0 Å². The highest BCUT2D eigenvalue weighted by molar-refractivity contribution is 5.94. The largest absolute Gasteiger partial charge is 0.481 e. The number of carbonyl (C=O) groups excluding carboxylic acids is 2. The normalized spacial score (nSPS) is 40.9. The van der Waals surface area contributed by atoms with Crippen LogP contribution in [0.5, 0.6) is 0 Å². The van der Waals surface area contributed by atoms with E-state index in [2.05, 4.69) is 17.2 Å². The van der Waals surface area contributed by atoms with Gasteiger partial charge in [0, 0.05) is 13.3 Å². The summed E-state index contributed by atoms with van der Waals surface area (Å²) in [5, 5.41) is 23.8. The van der Waals surface area contributed by atoms with Gasteiger partial charge in [0.05, 0.1) is 24.5 Å². The maximum atomic E-state index is 12.5. The average molecular weight is 368 g/mol. The molecule has 3 rings (SSSR count). The Labute approximate surface area is 148 Å². The van der Waals surface area contributed by atoms with Crippen LogP contribution in [0.3, 0.4) is 0 Å². The molecule has 142 valence electrons. The minimum absolute atomic E-state index is 0.319. The van der Waals surface area contributed by atoms with Gasteiger partial charge in [-0.25, -0.2) is 4.79 Å². The Morgan fingerprint density at radius 3 is 2.62 bits per heavy atom. The van der Waals surface area contributed by atoms with E-state index in [1.165, 1.54) is 13.0 Å². The number of fused-ring (bicyclic) bond motifs is 3. The highest BCUT2D eigenvalue weighted by Crippen LogP contribution is 2.50. The van der Waals surface area contributed by atoms with Crippen molar-refractivity contribution < 1.29 is 38.9 Å². The zero-order valence-electron chi connectivity index (χ0n) is 14.0. The molecule has 3 saturated heterocycles. The summed E-state index contributed by atoms with van der Waals surface area (Å²) in [6, 6.07) is -2.08. The van der Waals surface area contributed by atoms with Crippen LogP contribution in [0, 0.1) is 5.92 Å². The van der Waals surface area contributed by atoms with Crippen molar-refractivity contribution in [2.24, 2.45) is 5.92 Å². The lowest BCUT2D eigenvalue weighted by Gasteiger charge is -2.38. The lowest BCUT2D eigenvalue weighted by atomic mass is 9.79. The van der Waals surface area contributed by atoms with Gasteiger partial charge in [0.1, 0.15) is 17.8 Å². The number of ether oxygens (including phenoxy) is 2. The molecule has 26 heavy (non-hydrogen) atoms. The number of carboxylic acids is 2. The molecular weight excluding hydrogens is 348 g/mol. The van der Waals surface area contributed by atoms with Gasteiger partial charge >= 0.3 is 11.9 Å². The Morgan fingerprint density at radius 1 is 1.38 bits per heavy atom. The topological polar surface area (TPSA) is 151 Å². The molecule has 10 heteroatoms. The molecule has 0 aromatic carbocycles. The first-order valence-electron chi connectivity index (χ1n) is 8.17. The van der Waals surface area contributed by atoms with Gasteiger partial charge in [0.25, 0.3) is 0 Å². The molecular formula is C16H20N2O8. The van der Waals surface area contributed by atoms with Crippen molar-refractivity contribution in [2.45, 2.75) is 55.8 Å². The van der Waals surface area contributed by atoms with Crippen LogP contribution in [0.25, 0.3) is 0 Å². The number of hydrogen-bond donors (Lipinski definition) is 4. The molecule has 0 aliphatic carbocycles. The number of aliphatic carboxylic acids is 2. The summed E-state index contributed by atoms with van der Waals surface area (Å²) < 4.78 is 11.8. The Bertz CT molecular complexity index is 679. The van der Waals surface area contributed by atoms with Crippen LogP contribution in [-0.2, 0) is 28.7 Å². The second kappa shape index (κ2) is 6.36. The van der Waals surface area contributed by atoms with E-state index in [1.54, 1.807) is 0 Å². The molecule has 2 amide bonds. The van der Waals surface area contributed by atoms with Gasteiger partial charge in [0.15, 0.2) is 6.04 Å². The number of amides is 2. The van der Waals surface area contributed by atoms with Gasteiger partial charge in [-0.1, -0.05) is 6.08 Å². The first-order chi connectivity index (χ1) is 12.2. The highest BCUT2D eigenvalue weighted by Gasteiger charge is 2.71. The molecule has 3 aliphatic rings. The zero-order valence-corrected chi connectivity index (χ0v) is 14.0. The summed E-state index contributed by atoms with van der Waals surface area (Å²) in [7, 11) is 0. The Morgan fingerprint density at radius 2 is 2.08 bits per heavy atom. The predicted molar refractivity (Wildman–Crippen MR) is 84.0 cm³/mol. The SMILES string of the molecule is C=C[C@H]1C[C@@H](NC(C)=O)[C@H]2O[C@]3(CC(=O)O)[C@@H](C(=O)O)NC(=O)[C@@H]3[C@H]2O1. The van der Waals surface area contributed by atoms with E-state index >= 15 is 0 Å². The number of hydrogen-bond acceptors (Lipinski definition) is 6. The van der Waals surface area contributed by atoms with Crippen LogP contribution in [0.4, 0.5) is 0 Å². The van der Waals surface area contributed by atoms with E-state index in [0.29, 0.717) is 6.42 Å². The van der Waals surface area contributed by atoms with Crippen LogP contribution in [-0.4, -0.2) is 70.0 Å². The van der Waals surface area contributed by atoms with E-state index in [-0.39, 0.29) is 5.91 Å². The second-order valence-electron chi connectivity index (χ2n) is 6.78. The molecule has 0 saturated carbocycles. The van der Waals surface area contributed by atoms with Gasteiger partial charge in [0.2, 0.25) is 11.8 Å². The lowest BCUT2D eigenvalue weighted by Crippen LogP contribution is -2.56. The van der Waals surface area contributed by atoms with Crippen molar-refractivity contribution >= 4 is 23.8 Å². The highest BCUT2D eigenvalue weighted by atomic mass is 16.6. The molecule has 10 nitrogen and oxygen atoms in total. The van der Waals surface area contributed by atoms with Gasteiger partial charge in [-0.05, 0) is 0 Å². The van der Waals surface area contributed by atoms with Crippen molar-refractivity contribution in [3.63, 3.8) is 0 Å². The minimum atomic E-state index is -1.79. The van der Waals surface area contributed by atoms with Crippen molar-refractivity contribution in [1.29, 1.82) is 0 Å². The predicted octanol–water partition coefficient (Wildman–Crippen LogP) is -1.35. The fourth-order valence-corrected chi connectivity index (χ4v) is 4.26. The standard InChI is InChI=1S/C16H20N2O8/c1-3-7-4-8(17-6(2)19)11-12(25-7)10-14(22)18-13(15(23)24)16(10,26-11)5-9(20)21/h3,7-8,10-13H,1,4-5H2,2H3,(H,17,19)(H,18,22)(H,20,21)(H,23,24)/t7-,8+,10-,11+,12+,13+,16-/m0/s1. The summed E-state index contributed by atoms with van der Waals surface area (Å²) >= 11 is 0. The Hall–Kier alpha value is -2.46. The monoisotopic (exact) mass is 368 g/mol. The van der Waals surface area contributed by atoms with Crippen LogP contribution in [0.1, 0.15) is 19.8 Å². The van der Waals surface area contributed by atoms with Crippen LogP contribution in [0.2, 0.25) is 0 Å². The minimum Gasteiger partial charge on any atom is -0.481 e. The third-order valence-corrected chi connectivity index (χ3v) is 5.13. The zero-order chi connectivity index (χ0) is 19.2. The molecule has 4 N–H and O–H groups in total. The van der Waals surface area contributed by atoms with Crippen LogP contribution in [0.15, 0.2) is 12.7 Å². The summed E-state index contributed by atoms with van der Waals surface area (Å²) in [6.45, 7) is 4.98. The molecule has 3 fully saturated rings. The summed E-state index contributed by atoms with van der Waals surface area (Å²) in [4.78, 5) is 47.1. The third-order valence-electron chi connectivity index (χ3n) is 5.13. The Balaban J connectivity index is 2.04. The number of nitrogens with one attached hydrogen (secondary N) is 2. The van der Waals surface area contributed by atoms with Crippen molar-refractivity contribution in [3.05, 3.63) is 12.7 Å². The van der Waals surface area contributed by atoms with Crippen LogP contribution < -0.4 is 10.6 Å². The summed E-state index contributed by atoms with van der Waals surface area (Å²) in [5.41, 5.74) is -1.79. The summed E-state index contributed by atoms with van der Waals surface area (Å²) in [5.74, 6) is -4.78. The Kier molecular flexibility index (Phi) is 4.49. The molecule has 0 bridgehead atoms. The van der Waals surface area contributed by atoms with Crippen LogP contribution >= 0.6 is 0 Å². The van der Waals surface area contributed by atoms with Gasteiger partial charge in [-0.3, -0.25) is 14.4 Å². The number of carbonyl (C=O) groups is 4. The maximum Gasteiger partial charge on any atom is 0.329 e. The molecule has 0 aromatic rings.